The zero-order chi connectivity index (χ0) is 13.2. The van der Waals surface area contributed by atoms with E-state index in [1.54, 1.807) is 18.2 Å². The van der Waals surface area contributed by atoms with Crippen molar-refractivity contribution < 1.29 is 14.3 Å². The number of hydrogen-bond acceptors (Lipinski definition) is 5. The minimum absolute atomic E-state index is 0.142. The summed E-state index contributed by atoms with van der Waals surface area (Å²) in [6.45, 7) is 0. The second kappa shape index (κ2) is 4.66. The minimum atomic E-state index is -1.02. The number of aromatic nitrogens is 2. The van der Waals surface area contributed by atoms with Crippen LogP contribution in [0.5, 0.6) is 0 Å². The Balaban J connectivity index is 2.06. The molecule has 0 aliphatic heterocycles. The third kappa shape index (κ3) is 2.13. The van der Waals surface area contributed by atoms with Gasteiger partial charge in [-0.2, -0.15) is 11.3 Å². The number of thiophene rings is 1. The Morgan fingerprint density at radius 3 is 2.68 bits per heavy atom. The molecule has 2 heterocycles. The zero-order valence-electron chi connectivity index (χ0n) is 9.61. The Kier molecular flexibility index (Phi) is 2.85. The molecule has 0 amide bonds. The van der Waals surface area contributed by atoms with Crippen LogP contribution in [0.1, 0.15) is 10.4 Å². The van der Waals surface area contributed by atoms with E-state index in [-0.39, 0.29) is 11.5 Å². The van der Waals surface area contributed by atoms with Crippen LogP contribution in [-0.4, -0.2) is 21.3 Å². The van der Waals surface area contributed by atoms with Gasteiger partial charge in [-0.25, -0.2) is 4.79 Å². The van der Waals surface area contributed by atoms with Crippen LogP contribution in [0.4, 0.5) is 0 Å². The smallest absolute Gasteiger partial charge is 0.336 e. The van der Waals surface area contributed by atoms with Crippen LogP contribution in [0.15, 0.2) is 45.5 Å². The molecule has 0 aliphatic rings. The molecule has 0 unspecified atom stereocenters. The van der Waals surface area contributed by atoms with E-state index in [0.717, 1.165) is 5.56 Å². The lowest BCUT2D eigenvalue weighted by Crippen LogP contribution is -1.98. The first kappa shape index (κ1) is 11.6. The predicted molar refractivity (Wildman–Crippen MR) is 70.0 cm³/mol. The van der Waals surface area contributed by atoms with E-state index in [0.29, 0.717) is 11.5 Å². The molecule has 0 radical (unpaired) electrons. The van der Waals surface area contributed by atoms with Crippen molar-refractivity contribution >= 4 is 17.3 Å². The molecule has 2 aromatic heterocycles. The van der Waals surface area contributed by atoms with Crippen LogP contribution in [-0.2, 0) is 0 Å². The zero-order valence-corrected chi connectivity index (χ0v) is 10.4. The second-order valence-electron chi connectivity index (χ2n) is 3.78. The molecule has 1 N–H and O–H groups in total. The highest BCUT2D eigenvalue weighted by Crippen LogP contribution is 2.27. The summed E-state index contributed by atoms with van der Waals surface area (Å²) in [6, 6.07) is 8.41. The number of hydrogen-bond donors (Lipinski definition) is 1. The van der Waals surface area contributed by atoms with Gasteiger partial charge in [0.25, 0.3) is 0 Å². The number of carboxylic acids is 1. The lowest BCUT2D eigenvalue weighted by molar-refractivity contribution is 0.0697. The van der Waals surface area contributed by atoms with Gasteiger partial charge < -0.3 is 9.52 Å². The topological polar surface area (TPSA) is 76.2 Å². The fourth-order valence-corrected chi connectivity index (χ4v) is 2.32. The molecule has 3 rings (SSSR count). The highest BCUT2D eigenvalue weighted by Gasteiger charge is 2.17. The Labute approximate surface area is 112 Å². The molecule has 0 fully saturated rings. The van der Waals surface area contributed by atoms with Crippen molar-refractivity contribution in [2.24, 2.45) is 0 Å². The summed E-state index contributed by atoms with van der Waals surface area (Å²) in [5, 5.41) is 20.8. The summed E-state index contributed by atoms with van der Waals surface area (Å²) in [5.74, 6) is -0.429. The highest BCUT2D eigenvalue weighted by molar-refractivity contribution is 7.08. The highest BCUT2D eigenvalue weighted by atomic mass is 32.1. The predicted octanol–water partition coefficient (Wildman–Crippen LogP) is 3.16. The van der Waals surface area contributed by atoms with Crippen LogP contribution in [0.3, 0.4) is 0 Å². The van der Waals surface area contributed by atoms with Crippen molar-refractivity contribution in [1.29, 1.82) is 0 Å². The first-order chi connectivity index (χ1) is 9.25. The van der Waals surface area contributed by atoms with Gasteiger partial charge in [-0.1, -0.05) is 12.1 Å². The fraction of sp³-hybridized carbons (Fsp3) is 0. The molecule has 0 spiro atoms. The Morgan fingerprint density at radius 2 is 1.95 bits per heavy atom. The maximum absolute atomic E-state index is 11.1. The van der Waals surface area contributed by atoms with E-state index in [4.69, 9.17) is 9.52 Å². The second-order valence-corrected chi connectivity index (χ2v) is 4.56. The number of benzene rings is 1. The molecule has 0 saturated heterocycles. The van der Waals surface area contributed by atoms with Gasteiger partial charge in [0.15, 0.2) is 0 Å². The van der Waals surface area contributed by atoms with Crippen molar-refractivity contribution in [3.05, 3.63) is 46.7 Å². The van der Waals surface area contributed by atoms with Gasteiger partial charge in [0, 0.05) is 10.9 Å². The molecular weight excluding hydrogens is 264 g/mol. The van der Waals surface area contributed by atoms with Crippen LogP contribution in [0, 0.1) is 0 Å². The van der Waals surface area contributed by atoms with E-state index in [2.05, 4.69) is 10.2 Å². The summed E-state index contributed by atoms with van der Waals surface area (Å²) < 4.78 is 5.53. The number of aromatic carboxylic acids is 1. The molecule has 1 aromatic carbocycles. The molecule has 19 heavy (non-hydrogen) atoms. The molecule has 0 aliphatic carbocycles. The van der Waals surface area contributed by atoms with Crippen LogP contribution < -0.4 is 0 Å². The van der Waals surface area contributed by atoms with Crippen molar-refractivity contribution in [2.75, 3.05) is 0 Å². The van der Waals surface area contributed by atoms with Crippen molar-refractivity contribution in [3.63, 3.8) is 0 Å². The van der Waals surface area contributed by atoms with E-state index in [1.165, 1.54) is 17.4 Å². The first-order valence-electron chi connectivity index (χ1n) is 5.44. The van der Waals surface area contributed by atoms with Crippen LogP contribution in [0.2, 0.25) is 0 Å². The van der Waals surface area contributed by atoms with Crippen LogP contribution in [0.25, 0.3) is 22.9 Å². The van der Waals surface area contributed by atoms with Crippen molar-refractivity contribution in [3.8, 4) is 22.9 Å². The third-order valence-electron chi connectivity index (χ3n) is 2.58. The number of nitrogens with zero attached hydrogens (tertiary/aromatic N) is 2. The Bertz CT molecular complexity index is 719. The average Bonchev–Trinajstić information content (AvgIpc) is 3.09. The normalized spacial score (nSPS) is 10.5. The van der Waals surface area contributed by atoms with E-state index in [9.17, 15) is 4.79 Å². The largest absolute Gasteiger partial charge is 0.478 e. The van der Waals surface area contributed by atoms with Gasteiger partial charge in [-0.15, -0.1) is 10.2 Å². The summed E-state index contributed by atoms with van der Waals surface area (Å²) in [5.41, 5.74) is 1.39. The summed E-state index contributed by atoms with van der Waals surface area (Å²) in [6.07, 6.45) is 0. The maximum Gasteiger partial charge on any atom is 0.336 e. The van der Waals surface area contributed by atoms with Crippen molar-refractivity contribution in [2.45, 2.75) is 0 Å². The monoisotopic (exact) mass is 272 g/mol. The van der Waals surface area contributed by atoms with Gasteiger partial charge in [0.1, 0.15) is 0 Å². The van der Waals surface area contributed by atoms with E-state index >= 15 is 0 Å². The van der Waals surface area contributed by atoms with Gasteiger partial charge in [-0.05, 0) is 23.6 Å². The number of rotatable bonds is 3. The lowest BCUT2D eigenvalue weighted by atomic mass is 10.1. The van der Waals surface area contributed by atoms with Gasteiger partial charge in [0.2, 0.25) is 11.8 Å². The number of carboxylic acid groups (broad SMARTS) is 1. The molecule has 5 nitrogen and oxygen atoms in total. The Hall–Kier alpha value is -2.47. The Morgan fingerprint density at radius 1 is 1.16 bits per heavy atom. The van der Waals surface area contributed by atoms with Crippen LogP contribution >= 0.6 is 11.3 Å². The standard InChI is InChI=1S/C13H8N2O3S/c16-13(17)10-4-2-1-3-9(10)12-15-14-11(18-12)8-5-6-19-7-8/h1-7H,(H,16,17). The summed E-state index contributed by atoms with van der Waals surface area (Å²) >= 11 is 1.53. The van der Waals surface area contributed by atoms with E-state index < -0.39 is 5.97 Å². The van der Waals surface area contributed by atoms with E-state index in [1.807, 2.05) is 16.8 Å². The molecule has 6 heteroatoms. The molecule has 0 bridgehead atoms. The lowest BCUT2D eigenvalue weighted by Gasteiger charge is -1.99. The third-order valence-corrected chi connectivity index (χ3v) is 3.26. The molecule has 0 atom stereocenters. The summed E-state index contributed by atoms with van der Waals surface area (Å²) in [4.78, 5) is 11.1. The molecule has 0 saturated carbocycles. The first-order valence-corrected chi connectivity index (χ1v) is 6.39. The SMILES string of the molecule is O=C(O)c1ccccc1-c1nnc(-c2ccsc2)o1. The maximum atomic E-state index is 11.1. The molecular formula is C13H8N2O3S. The van der Waals surface area contributed by atoms with Gasteiger partial charge >= 0.3 is 5.97 Å². The molecule has 94 valence electrons. The fourth-order valence-electron chi connectivity index (χ4n) is 1.69. The van der Waals surface area contributed by atoms with Gasteiger partial charge in [0.05, 0.1) is 11.1 Å². The summed E-state index contributed by atoms with van der Waals surface area (Å²) in [7, 11) is 0. The quantitative estimate of drug-likeness (QED) is 0.792. The number of carbonyl (C=O) groups is 1. The van der Waals surface area contributed by atoms with Crippen molar-refractivity contribution in [1.82, 2.24) is 10.2 Å². The average molecular weight is 272 g/mol. The minimum Gasteiger partial charge on any atom is -0.478 e. The molecule has 3 aromatic rings. The van der Waals surface area contributed by atoms with Gasteiger partial charge in [-0.3, -0.25) is 0 Å².